The number of nitrogens with one attached hydrogen (secondary N) is 1. The highest BCUT2D eigenvalue weighted by molar-refractivity contribution is 6.02. The molecule has 0 atom stereocenters. The summed E-state index contributed by atoms with van der Waals surface area (Å²) in [6.07, 6.45) is 0. The van der Waals surface area contributed by atoms with Gasteiger partial charge in [0, 0.05) is 29.9 Å². The number of H-pyrrole nitrogens is 1. The lowest BCUT2D eigenvalue weighted by Crippen LogP contribution is -2.52. The molecule has 142 valence electrons. The molecule has 2 amide bonds. The number of amides is 2. The maximum absolute atomic E-state index is 13.0. The molecule has 1 N–H and O–H groups in total. The number of aromatic nitrogens is 2. The van der Waals surface area contributed by atoms with Crippen LogP contribution in [0.15, 0.2) is 54.6 Å². The first-order valence-corrected chi connectivity index (χ1v) is 9.31. The topological polar surface area (TPSA) is 69.3 Å². The minimum atomic E-state index is -0.191. The van der Waals surface area contributed by atoms with Crippen molar-refractivity contribution in [2.24, 2.45) is 0 Å². The molecule has 2 aromatic carbocycles. The van der Waals surface area contributed by atoms with Gasteiger partial charge in [0.15, 0.2) is 0 Å². The minimum Gasteiger partial charge on any atom is -0.326 e. The summed E-state index contributed by atoms with van der Waals surface area (Å²) in [5, 5.41) is 7.19. The molecule has 0 spiro atoms. The fraction of sp³-hybridized carbons (Fsp3) is 0.227. The average Bonchev–Trinajstić information content (AvgIpc) is 3.10. The van der Waals surface area contributed by atoms with Gasteiger partial charge in [-0.1, -0.05) is 48.0 Å². The van der Waals surface area contributed by atoms with Crippen molar-refractivity contribution in [1.29, 1.82) is 0 Å². The van der Waals surface area contributed by atoms with E-state index in [-0.39, 0.29) is 18.4 Å². The van der Waals surface area contributed by atoms with Gasteiger partial charge in [-0.2, -0.15) is 5.10 Å². The summed E-state index contributed by atoms with van der Waals surface area (Å²) in [6, 6.07) is 17.6. The van der Waals surface area contributed by atoms with Crippen LogP contribution in [0, 0.1) is 13.8 Å². The van der Waals surface area contributed by atoms with E-state index in [9.17, 15) is 9.59 Å². The van der Waals surface area contributed by atoms with Crippen LogP contribution in [-0.2, 0) is 4.79 Å². The number of carbonyl (C=O) groups excluding carboxylic acids is 2. The van der Waals surface area contributed by atoms with Crippen LogP contribution in [0.1, 0.15) is 21.6 Å². The second-order valence-corrected chi connectivity index (χ2v) is 7.05. The molecular formula is C22H22N4O2. The number of aromatic amines is 1. The van der Waals surface area contributed by atoms with Gasteiger partial charge in [0.25, 0.3) is 5.91 Å². The molecule has 0 saturated carbocycles. The third-order valence-corrected chi connectivity index (χ3v) is 5.12. The van der Waals surface area contributed by atoms with Gasteiger partial charge in [-0.15, -0.1) is 0 Å². The molecule has 1 fully saturated rings. The summed E-state index contributed by atoms with van der Waals surface area (Å²) in [5.41, 5.74) is 4.96. The Labute approximate surface area is 163 Å². The van der Waals surface area contributed by atoms with Crippen LogP contribution < -0.4 is 4.90 Å². The lowest BCUT2D eigenvalue weighted by Gasteiger charge is -2.34. The molecule has 1 aliphatic rings. The van der Waals surface area contributed by atoms with Crippen LogP contribution in [0.4, 0.5) is 5.69 Å². The van der Waals surface area contributed by atoms with Gasteiger partial charge in [0.2, 0.25) is 5.91 Å². The molecule has 1 aliphatic heterocycles. The highest BCUT2D eigenvalue weighted by atomic mass is 16.2. The van der Waals surface area contributed by atoms with Gasteiger partial charge in [0.05, 0.1) is 5.69 Å². The van der Waals surface area contributed by atoms with Crippen molar-refractivity contribution in [1.82, 2.24) is 15.1 Å². The summed E-state index contributed by atoms with van der Waals surface area (Å²) in [5.74, 6) is -0.270. The number of hydrogen-bond donors (Lipinski definition) is 1. The molecule has 28 heavy (non-hydrogen) atoms. The Hall–Kier alpha value is -3.41. The van der Waals surface area contributed by atoms with Crippen molar-refractivity contribution >= 4 is 17.5 Å². The fourth-order valence-electron chi connectivity index (χ4n) is 3.49. The van der Waals surface area contributed by atoms with Crippen LogP contribution in [-0.4, -0.2) is 46.5 Å². The molecule has 6 heteroatoms. The Bertz CT molecular complexity index is 1010. The maximum atomic E-state index is 13.0. The van der Waals surface area contributed by atoms with E-state index in [1.165, 1.54) is 0 Å². The van der Waals surface area contributed by atoms with Crippen molar-refractivity contribution in [2.75, 3.05) is 24.5 Å². The quantitative estimate of drug-likeness (QED) is 0.765. The first-order valence-electron chi connectivity index (χ1n) is 9.31. The molecule has 3 aromatic rings. The Balaban J connectivity index is 1.50. The smallest absolute Gasteiger partial charge is 0.272 e. The van der Waals surface area contributed by atoms with E-state index < -0.39 is 0 Å². The number of carbonyl (C=O) groups is 2. The van der Waals surface area contributed by atoms with Crippen molar-refractivity contribution in [3.63, 3.8) is 0 Å². The number of anilines is 1. The zero-order chi connectivity index (χ0) is 19.7. The van der Waals surface area contributed by atoms with Gasteiger partial charge < -0.3 is 9.80 Å². The summed E-state index contributed by atoms with van der Waals surface area (Å²) >= 11 is 0. The molecular weight excluding hydrogens is 352 g/mol. The number of aryl methyl sites for hydroxylation is 1. The molecule has 0 unspecified atom stereocenters. The molecule has 1 saturated heterocycles. The number of nitrogens with zero attached hydrogens (tertiary/aromatic N) is 3. The Kier molecular flexibility index (Phi) is 4.69. The van der Waals surface area contributed by atoms with Crippen molar-refractivity contribution in [3.8, 4) is 11.3 Å². The highest BCUT2D eigenvalue weighted by Crippen LogP contribution is 2.24. The lowest BCUT2D eigenvalue weighted by atomic mass is 10.1. The zero-order valence-electron chi connectivity index (χ0n) is 16.0. The lowest BCUT2D eigenvalue weighted by molar-refractivity contribution is -0.120. The average molecular weight is 374 g/mol. The molecule has 0 bridgehead atoms. The summed E-state index contributed by atoms with van der Waals surface area (Å²) in [4.78, 5) is 28.9. The minimum absolute atomic E-state index is 0.0613. The zero-order valence-corrected chi connectivity index (χ0v) is 16.0. The Morgan fingerprint density at radius 1 is 1.00 bits per heavy atom. The molecule has 2 heterocycles. The summed E-state index contributed by atoms with van der Waals surface area (Å²) < 4.78 is 0. The van der Waals surface area contributed by atoms with E-state index in [1.54, 1.807) is 9.80 Å². The van der Waals surface area contributed by atoms with Crippen molar-refractivity contribution < 1.29 is 9.59 Å². The van der Waals surface area contributed by atoms with E-state index in [1.807, 2.05) is 68.4 Å². The van der Waals surface area contributed by atoms with Gasteiger partial charge >= 0.3 is 0 Å². The molecule has 0 radical (unpaired) electrons. The van der Waals surface area contributed by atoms with E-state index in [2.05, 4.69) is 10.2 Å². The van der Waals surface area contributed by atoms with Gasteiger partial charge in [-0.25, -0.2) is 0 Å². The Morgan fingerprint density at radius 3 is 2.39 bits per heavy atom. The maximum Gasteiger partial charge on any atom is 0.272 e. The number of piperazine rings is 1. The summed E-state index contributed by atoms with van der Waals surface area (Å²) in [7, 11) is 0. The van der Waals surface area contributed by atoms with Gasteiger partial charge in [-0.3, -0.25) is 14.7 Å². The van der Waals surface area contributed by atoms with E-state index in [0.29, 0.717) is 18.8 Å². The van der Waals surface area contributed by atoms with Crippen LogP contribution in [0.5, 0.6) is 0 Å². The third kappa shape index (κ3) is 3.29. The SMILES string of the molecule is Cc1ccc(N2CCN(C(=O)c3[nH]nc(-c4ccccc4)c3C)CC2=O)cc1. The highest BCUT2D eigenvalue weighted by Gasteiger charge is 2.30. The monoisotopic (exact) mass is 374 g/mol. The van der Waals surface area contributed by atoms with E-state index in [4.69, 9.17) is 0 Å². The summed E-state index contributed by atoms with van der Waals surface area (Å²) in [6.45, 7) is 4.91. The second-order valence-electron chi connectivity index (χ2n) is 7.05. The van der Waals surface area contributed by atoms with Crippen molar-refractivity contribution in [2.45, 2.75) is 13.8 Å². The van der Waals surface area contributed by atoms with Gasteiger partial charge in [0.1, 0.15) is 12.2 Å². The van der Waals surface area contributed by atoms with Crippen LogP contribution in [0.25, 0.3) is 11.3 Å². The third-order valence-electron chi connectivity index (χ3n) is 5.12. The van der Waals surface area contributed by atoms with Crippen molar-refractivity contribution in [3.05, 3.63) is 71.4 Å². The predicted molar refractivity (Wildman–Crippen MR) is 108 cm³/mol. The van der Waals surface area contributed by atoms with E-state index in [0.717, 1.165) is 28.1 Å². The molecule has 4 rings (SSSR count). The first kappa shape index (κ1) is 18.0. The van der Waals surface area contributed by atoms with Crippen LogP contribution >= 0.6 is 0 Å². The van der Waals surface area contributed by atoms with Crippen LogP contribution in [0.2, 0.25) is 0 Å². The second kappa shape index (κ2) is 7.31. The Morgan fingerprint density at radius 2 is 1.71 bits per heavy atom. The predicted octanol–water partition coefficient (Wildman–Crippen LogP) is 3.18. The number of rotatable bonds is 3. The standard InChI is InChI=1S/C22H22N4O2/c1-15-8-10-18(11-9-15)26-13-12-25(14-19(26)27)22(28)21-16(2)20(23-24-21)17-6-4-3-5-7-17/h3-11H,12-14H2,1-2H3,(H,23,24). The van der Waals surface area contributed by atoms with Gasteiger partial charge in [-0.05, 0) is 26.0 Å². The van der Waals surface area contributed by atoms with E-state index >= 15 is 0 Å². The molecule has 0 aliphatic carbocycles. The number of hydrogen-bond acceptors (Lipinski definition) is 3. The van der Waals surface area contributed by atoms with Crippen LogP contribution in [0.3, 0.4) is 0 Å². The molecule has 6 nitrogen and oxygen atoms in total. The number of benzene rings is 2. The first-order chi connectivity index (χ1) is 13.5. The largest absolute Gasteiger partial charge is 0.326 e. The normalized spacial score (nSPS) is 14.4. The molecule has 1 aromatic heterocycles. The fourth-order valence-corrected chi connectivity index (χ4v) is 3.49.